The fourth-order valence-electron chi connectivity index (χ4n) is 3.39. The van der Waals surface area contributed by atoms with Crippen LogP contribution >= 0.6 is 0 Å². The number of aromatic nitrogens is 2. The fourth-order valence-corrected chi connectivity index (χ4v) is 3.39. The van der Waals surface area contributed by atoms with Gasteiger partial charge < -0.3 is 10.6 Å². The van der Waals surface area contributed by atoms with Crippen LogP contribution in [0.5, 0.6) is 0 Å². The van der Waals surface area contributed by atoms with Gasteiger partial charge in [0, 0.05) is 31.0 Å². The van der Waals surface area contributed by atoms with E-state index in [4.69, 9.17) is 10.7 Å². The molecular weight excluding hydrogens is 236 g/mol. The first-order valence-electron chi connectivity index (χ1n) is 7.50. The number of nitrogens with zero attached hydrogens (tertiary/aromatic N) is 3. The molecule has 4 heteroatoms. The molecule has 19 heavy (non-hydrogen) atoms. The smallest absolute Gasteiger partial charge is 0.225 e. The molecule has 1 aliphatic carbocycles. The Morgan fingerprint density at radius 1 is 1.26 bits per heavy atom. The molecule has 104 valence electrons. The van der Waals surface area contributed by atoms with Crippen molar-refractivity contribution in [1.82, 2.24) is 9.97 Å². The number of rotatable bonds is 1. The summed E-state index contributed by atoms with van der Waals surface area (Å²) in [6, 6.07) is 0.355. The van der Waals surface area contributed by atoms with Crippen LogP contribution in [0.1, 0.15) is 50.3 Å². The highest BCUT2D eigenvalue weighted by Crippen LogP contribution is 2.33. The summed E-state index contributed by atoms with van der Waals surface area (Å²) in [5.41, 5.74) is 8.58. The molecule has 0 aromatic carbocycles. The lowest BCUT2D eigenvalue weighted by Gasteiger charge is -2.32. The highest BCUT2D eigenvalue weighted by molar-refractivity contribution is 5.36. The van der Waals surface area contributed by atoms with Crippen LogP contribution in [0.2, 0.25) is 0 Å². The minimum Gasteiger partial charge on any atom is -0.341 e. The molecule has 0 bridgehead atoms. The van der Waals surface area contributed by atoms with Gasteiger partial charge in [-0.1, -0.05) is 13.8 Å². The second kappa shape index (κ2) is 5.08. The SMILES string of the molecule is CC1Cc2nc(N3CCC(N)CC3)ncc2C(C)C1. The third-order valence-electron chi connectivity index (χ3n) is 4.54. The molecule has 2 N–H and O–H groups in total. The number of fused-ring (bicyclic) bond motifs is 1. The van der Waals surface area contributed by atoms with E-state index in [0.717, 1.165) is 44.2 Å². The van der Waals surface area contributed by atoms with E-state index in [2.05, 4.69) is 29.9 Å². The second-order valence-electron chi connectivity index (χ2n) is 6.34. The summed E-state index contributed by atoms with van der Waals surface area (Å²) in [7, 11) is 0. The Hall–Kier alpha value is -1.16. The molecule has 2 atom stereocenters. The molecule has 2 heterocycles. The quantitative estimate of drug-likeness (QED) is 0.840. The van der Waals surface area contributed by atoms with E-state index < -0.39 is 0 Å². The Balaban J connectivity index is 1.83. The summed E-state index contributed by atoms with van der Waals surface area (Å²) in [5, 5.41) is 0. The molecule has 2 aliphatic rings. The predicted octanol–water partition coefficient (Wildman–Crippen LogP) is 2.09. The molecule has 1 aromatic rings. The van der Waals surface area contributed by atoms with Crippen molar-refractivity contribution in [3.8, 4) is 0 Å². The van der Waals surface area contributed by atoms with E-state index >= 15 is 0 Å². The monoisotopic (exact) mass is 260 g/mol. The van der Waals surface area contributed by atoms with Crippen molar-refractivity contribution in [2.24, 2.45) is 11.7 Å². The Morgan fingerprint density at radius 2 is 2.00 bits per heavy atom. The highest BCUT2D eigenvalue weighted by atomic mass is 15.3. The van der Waals surface area contributed by atoms with Crippen molar-refractivity contribution < 1.29 is 0 Å². The maximum absolute atomic E-state index is 5.95. The summed E-state index contributed by atoms with van der Waals surface area (Å²) in [4.78, 5) is 11.7. The number of nitrogens with two attached hydrogens (primary N) is 1. The summed E-state index contributed by atoms with van der Waals surface area (Å²) >= 11 is 0. The van der Waals surface area contributed by atoms with Crippen molar-refractivity contribution in [2.75, 3.05) is 18.0 Å². The largest absolute Gasteiger partial charge is 0.341 e. The van der Waals surface area contributed by atoms with Gasteiger partial charge in [0.15, 0.2) is 0 Å². The van der Waals surface area contributed by atoms with E-state index in [0.29, 0.717) is 12.0 Å². The van der Waals surface area contributed by atoms with Crippen LogP contribution in [0.3, 0.4) is 0 Å². The number of hydrogen-bond donors (Lipinski definition) is 1. The van der Waals surface area contributed by atoms with Gasteiger partial charge in [-0.05, 0) is 43.1 Å². The summed E-state index contributed by atoms with van der Waals surface area (Å²) in [5.74, 6) is 2.24. The average molecular weight is 260 g/mol. The molecule has 1 aromatic heterocycles. The number of anilines is 1. The van der Waals surface area contributed by atoms with Crippen LogP contribution in [0.4, 0.5) is 5.95 Å². The maximum atomic E-state index is 5.95. The standard InChI is InChI=1S/C15H24N4/c1-10-7-11(2)13-9-17-15(18-14(13)8-10)19-5-3-12(16)4-6-19/h9-12H,3-8,16H2,1-2H3. The molecule has 0 radical (unpaired) electrons. The molecular formula is C15H24N4. The van der Waals surface area contributed by atoms with Crippen LogP contribution in [0, 0.1) is 5.92 Å². The van der Waals surface area contributed by atoms with Crippen LogP contribution in [-0.4, -0.2) is 29.1 Å². The van der Waals surface area contributed by atoms with E-state index in [-0.39, 0.29) is 0 Å². The third kappa shape index (κ3) is 2.59. The van der Waals surface area contributed by atoms with Gasteiger partial charge in [0.25, 0.3) is 0 Å². The summed E-state index contributed by atoms with van der Waals surface area (Å²) in [6.45, 7) is 6.59. The van der Waals surface area contributed by atoms with E-state index in [9.17, 15) is 0 Å². The van der Waals surface area contributed by atoms with E-state index in [1.807, 2.05) is 0 Å². The summed E-state index contributed by atoms with van der Waals surface area (Å²) < 4.78 is 0. The van der Waals surface area contributed by atoms with Crippen LogP contribution < -0.4 is 10.6 Å². The van der Waals surface area contributed by atoms with E-state index in [1.165, 1.54) is 17.7 Å². The van der Waals surface area contributed by atoms with Crippen molar-refractivity contribution in [3.63, 3.8) is 0 Å². The molecule has 0 spiro atoms. The minimum absolute atomic E-state index is 0.355. The minimum atomic E-state index is 0.355. The Kier molecular flexibility index (Phi) is 3.44. The predicted molar refractivity (Wildman–Crippen MR) is 77.4 cm³/mol. The van der Waals surface area contributed by atoms with Crippen LogP contribution in [-0.2, 0) is 6.42 Å². The van der Waals surface area contributed by atoms with Gasteiger partial charge in [0.2, 0.25) is 5.95 Å². The fraction of sp³-hybridized carbons (Fsp3) is 0.733. The van der Waals surface area contributed by atoms with Gasteiger partial charge in [-0.2, -0.15) is 0 Å². The van der Waals surface area contributed by atoms with Crippen LogP contribution in [0.15, 0.2) is 6.20 Å². The van der Waals surface area contributed by atoms with Gasteiger partial charge >= 0.3 is 0 Å². The first-order valence-corrected chi connectivity index (χ1v) is 7.50. The number of hydrogen-bond acceptors (Lipinski definition) is 4. The van der Waals surface area contributed by atoms with Gasteiger partial charge in [-0.25, -0.2) is 9.97 Å². The molecule has 1 aliphatic heterocycles. The zero-order chi connectivity index (χ0) is 13.4. The van der Waals surface area contributed by atoms with Gasteiger partial charge in [-0.3, -0.25) is 0 Å². The number of piperidine rings is 1. The third-order valence-corrected chi connectivity index (χ3v) is 4.54. The summed E-state index contributed by atoms with van der Waals surface area (Å²) in [6.07, 6.45) is 6.51. The first kappa shape index (κ1) is 12.9. The molecule has 1 fully saturated rings. The Bertz CT molecular complexity index is 451. The van der Waals surface area contributed by atoms with Gasteiger partial charge in [0.05, 0.1) is 0 Å². The Labute approximate surface area is 115 Å². The van der Waals surface area contributed by atoms with Crippen LogP contribution in [0.25, 0.3) is 0 Å². The zero-order valence-corrected chi connectivity index (χ0v) is 12.0. The molecule has 1 saturated heterocycles. The van der Waals surface area contributed by atoms with Crippen molar-refractivity contribution in [3.05, 3.63) is 17.5 Å². The lowest BCUT2D eigenvalue weighted by molar-refractivity contribution is 0.438. The molecule has 0 amide bonds. The van der Waals surface area contributed by atoms with Gasteiger partial charge in [0.1, 0.15) is 0 Å². The molecule has 3 rings (SSSR count). The molecule has 0 saturated carbocycles. The average Bonchev–Trinajstić information content (AvgIpc) is 2.38. The topological polar surface area (TPSA) is 55.0 Å². The first-order chi connectivity index (χ1) is 9.13. The van der Waals surface area contributed by atoms with Crippen molar-refractivity contribution >= 4 is 5.95 Å². The van der Waals surface area contributed by atoms with E-state index in [1.54, 1.807) is 0 Å². The van der Waals surface area contributed by atoms with Crippen molar-refractivity contribution in [2.45, 2.75) is 51.5 Å². The molecule has 4 nitrogen and oxygen atoms in total. The normalized spacial score (nSPS) is 28.3. The lowest BCUT2D eigenvalue weighted by Crippen LogP contribution is -2.40. The van der Waals surface area contributed by atoms with Crippen molar-refractivity contribution in [1.29, 1.82) is 0 Å². The Morgan fingerprint density at radius 3 is 2.74 bits per heavy atom. The zero-order valence-electron chi connectivity index (χ0n) is 12.0. The molecule has 2 unspecified atom stereocenters. The second-order valence-corrected chi connectivity index (χ2v) is 6.34. The van der Waals surface area contributed by atoms with Gasteiger partial charge in [-0.15, -0.1) is 0 Å². The maximum Gasteiger partial charge on any atom is 0.225 e. The highest BCUT2D eigenvalue weighted by Gasteiger charge is 2.25. The lowest BCUT2D eigenvalue weighted by atomic mass is 9.82.